The summed E-state index contributed by atoms with van der Waals surface area (Å²) in [5.74, 6) is 3.02. The molecule has 0 aromatic heterocycles. The summed E-state index contributed by atoms with van der Waals surface area (Å²) in [6, 6.07) is 4.23. The summed E-state index contributed by atoms with van der Waals surface area (Å²) in [5.41, 5.74) is 9.52. The highest BCUT2D eigenvalue weighted by molar-refractivity contribution is 6.17. The first-order chi connectivity index (χ1) is 12.2. The predicted octanol–water partition coefficient (Wildman–Crippen LogP) is 6.72. The standard InChI is InChI=1S/2C11H15ClO/c2*1-7-5-8(2)11(13-4)9(3)10(7)6-12/h2*5H,6H2,1-4H3. The van der Waals surface area contributed by atoms with Crippen molar-refractivity contribution in [1.82, 2.24) is 0 Å². The smallest absolute Gasteiger partial charge is 0.125 e. The van der Waals surface area contributed by atoms with Crippen molar-refractivity contribution in [2.75, 3.05) is 14.2 Å². The Labute approximate surface area is 168 Å². The van der Waals surface area contributed by atoms with Gasteiger partial charge in [0.15, 0.2) is 0 Å². The monoisotopic (exact) mass is 396 g/mol. The van der Waals surface area contributed by atoms with E-state index in [1.54, 1.807) is 14.2 Å². The van der Waals surface area contributed by atoms with Crippen molar-refractivity contribution < 1.29 is 9.47 Å². The van der Waals surface area contributed by atoms with Crippen LogP contribution in [0, 0.1) is 41.5 Å². The molecule has 0 aliphatic heterocycles. The molecule has 0 radical (unpaired) electrons. The molecule has 4 heteroatoms. The van der Waals surface area contributed by atoms with Gasteiger partial charge in [-0.05, 0) is 86.1 Å². The second-order valence-electron chi connectivity index (χ2n) is 6.56. The van der Waals surface area contributed by atoms with E-state index in [1.807, 2.05) is 0 Å². The lowest BCUT2D eigenvalue weighted by Gasteiger charge is -2.14. The molecule has 144 valence electrons. The van der Waals surface area contributed by atoms with Gasteiger partial charge in [-0.25, -0.2) is 0 Å². The quantitative estimate of drug-likeness (QED) is 0.533. The molecule has 0 saturated heterocycles. The molecule has 2 aromatic carbocycles. The molecular weight excluding hydrogens is 367 g/mol. The molecule has 0 spiro atoms. The molecular formula is C22H30Cl2O2. The third-order valence-electron chi connectivity index (χ3n) is 4.80. The lowest BCUT2D eigenvalue weighted by molar-refractivity contribution is 0.408. The summed E-state index contributed by atoms with van der Waals surface area (Å²) in [6.07, 6.45) is 0. The highest BCUT2D eigenvalue weighted by atomic mass is 35.5. The van der Waals surface area contributed by atoms with Crippen LogP contribution in [0.25, 0.3) is 0 Å². The largest absolute Gasteiger partial charge is 0.496 e. The average molecular weight is 397 g/mol. The van der Waals surface area contributed by atoms with Crippen molar-refractivity contribution in [2.45, 2.75) is 53.3 Å². The van der Waals surface area contributed by atoms with Gasteiger partial charge >= 0.3 is 0 Å². The van der Waals surface area contributed by atoms with Crippen LogP contribution in [0.5, 0.6) is 11.5 Å². The number of methoxy groups -OCH3 is 2. The lowest BCUT2D eigenvalue weighted by Crippen LogP contribution is -1.97. The van der Waals surface area contributed by atoms with Crippen LogP contribution in [0.1, 0.15) is 44.5 Å². The number of alkyl halides is 2. The zero-order chi connectivity index (χ0) is 20.0. The molecule has 0 aliphatic carbocycles. The molecule has 26 heavy (non-hydrogen) atoms. The van der Waals surface area contributed by atoms with E-state index < -0.39 is 0 Å². The summed E-state index contributed by atoms with van der Waals surface area (Å²) < 4.78 is 10.6. The molecule has 2 nitrogen and oxygen atoms in total. The van der Waals surface area contributed by atoms with Gasteiger partial charge in [-0.3, -0.25) is 0 Å². The van der Waals surface area contributed by atoms with E-state index in [1.165, 1.54) is 33.4 Å². The Morgan fingerprint density at radius 1 is 0.615 bits per heavy atom. The van der Waals surface area contributed by atoms with Gasteiger partial charge in [0.1, 0.15) is 11.5 Å². The van der Waals surface area contributed by atoms with E-state index >= 15 is 0 Å². The van der Waals surface area contributed by atoms with Crippen molar-refractivity contribution in [3.8, 4) is 11.5 Å². The van der Waals surface area contributed by atoms with Gasteiger partial charge in [0.05, 0.1) is 14.2 Å². The number of aryl methyl sites for hydroxylation is 4. The topological polar surface area (TPSA) is 18.5 Å². The van der Waals surface area contributed by atoms with Crippen LogP contribution in [-0.4, -0.2) is 14.2 Å². The number of halogens is 2. The number of benzene rings is 2. The first-order valence-corrected chi connectivity index (χ1v) is 9.69. The van der Waals surface area contributed by atoms with Gasteiger partial charge in [0.25, 0.3) is 0 Å². The van der Waals surface area contributed by atoms with E-state index in [4.69, 9.17) is 32.7 Å². The molecule has 0 bridgehead atoms. The minimum absolute atomic E-state index is 0.550. The first-order valence-electron chi connectivity index (χ1n) is 8.62. The summed E-state index contributed by atoms with van der Waals surface area (Å²) >= 11 is 11.7. The zero-order valence-electron chi connectivity index (χ0n) is 17.1. The molecule has 0 amide bonds. The van der Waals surface area contributed by atoms with E-state index in [9.17, 15) is 0 Å². The molecule has 0 unspecified atom stereocenters. The minimum Gasteiger partial charge on any atom is -0.496 e. The third-order valence-corrected chi connectivity index (χ3v) is 5.33. The normalized spacial score (nSPS) is 10.2. The van der Waals surface area contributed by atoms with E-state index in [2.05, 4.69) is 53.7 Å². The Balaban J connectivity index is 0.000000260. The first kappa shape index (κ1) is 22.7. The van der Waals surface area contributed by atoms with E-state index in [0.717, 1.165) is 22.6 Å². The number of hydrogen-bond acceptors (Lipinski definition) is 2. The molecule has 0 atom stereocenters. The summed E-state index contributed by atoms with van der Waals surface area (Å²) in [6.45, 7) is 12.4. The number of ether oxygens (including phenoxy) is 2. The molecule has 0 N–H and O–H groups in total. The molecule has 2 rings (SSSR count). The number of hydrogen-bond donors (Lipinski definition) is 0. The summed E-state index contributed by atoms with van der Waals surface area (Å²) in [7, 11) is 3.39. The Morgan fingerprint density at radius 3 is 1.15 bits per heavy atom. The summed E-state index contributed by atoms with van der Waals surface area (Å²) in [5, 5.41) is 0. The fourth-order valence-corrected chi connectivity index (χ4v) is 4.27. The maximum absolute atomic E-state index is 5.86. The van der Waals surface area contributed by atoms with Crippen LogP contribution in [0.2, 0.25) is 0 Å². The SMILES string of the molecule is COc1c(C)cc(C)c(CCl)c1C.COc1c(C)cc(C)c(CCl)c1C. The van der Waals surface area contributed by atoms with Gasteiger partial charge in [-0.15, -0.1) is 23.2 Å². The molecule has 0 aliphatic rings. The molecule has 2 aromatic rings. The van der Waals surface area contributed by atoms with E-state index in [0.29, 0.717) is 11.8 Å². The van der Waals surface area contributed by atoms with Gasteiger partial charge in [-0.2, -0.15) is 0 Å². The highest BCUT2D eigenvalue weighted by Crippen LogP contribution is 2.30. The second kappa shape index (κ2) is 10.1. The predicted molar refractivity (Wildman–Crippen MR) is 114 cm³/mol. The summed E-state index contributed by atoms with van der Waals surface area (Å²) in [4.78, 5) is 0. The molecule has 0 heterocycles. The Bertz CT molecular complexity index is 646. The zero-order valence-corrected chi connectivity index (χ0v) is 18.7. The minimum atomic E-state index is 0.550. The fourth-order valence-electron chi connectivity index (χ4n) is 3.45. The molecule has 0 saturated carbocycles. The van der Waals surface area contributed by atoms with Crippen molar-refractivity contribution in [3.05, 3.63) is 56.6 Å². The second-order valence-corrected chi connectivity index (χ2v) is 7.10. The van der Waals surface area contributed by atoms with Gasteiger partial charge < -0.3 is 9.47 Å². The highest BCUT2D eigenvalue weighted by Gasteiger charge is 2.10. The Morgan fingerprint density at radius 2 is 0.923 bits per heavy atom. The Hall–Kier alpha value is -1.38. The number of rotatable bonds is 4. The lowest BCUT2D eigenvalue weighted by atomic mass is 10.00. The van der Waals surface area contributed by atoms with Gasteiger partial charge in [-0.1, -0.05) is 12.1 Å². The van der Waals surface area contributed by atoms with Crippen LogP contribution in [0.4, 0.5) is 0 Å². The maximum atomic E-state index is 5.86. The van der Waals surface area contributed by atoms with Gasteiger partial charge in [0, 0.05) is 11.8 Å². The molecule has 0 fully saturated rings. The van der Waals surface area contributed by atoms with Gasteiger partial charge in [0.2, 0.25) is 0 Å². The van der Waals surface area contributed by atoms with Crippen molar-refractivity contribution >= 4 is 23.2 Å². The van der Waals surface area contributed by atoms with Crippen LogP contribution in [0.3, 0.4) is 0 Å². The Kier molecular flexibility index (Phi) is 8.79. The van der Waals surface area contributed by atoms with Crippen molar-refractivity contribution in [2.24, 2.45) is 0 Å². The van der Waals surface area contributed by atoms with Crippen molar-refractivity contribution in [1.29, 1.82) is 0 Å². The van der Waals surface area contributed by atoms with E-state index in [-0.39, 0.29) is 0 Å². The maximum Gasteiger partial charge on any atom is 0.125 e. The van der Waals surface area contributed by atoms with Crippen LogP contribution in [-0.2, 0) is 11.8 Å². The van der Waals surface area contributed by atoms with Crippen LogP contribution < -0.4 is 9.47 Å². The van der Waals surface area contributed by atoms with Crippen molar-refractivity contribution in [3.63, 3.8) is 0 Å². The van der Waals surface area contributed by atoms with Crippen LogP contribution >= 0.6 is 23.2 Å². The van der Waals surface area contributed by atoms with Crippen LogP contribution in [0.15, 0.2) is 12.1 Å². The average Bonchev–Trinajstić information content (AvgIpc) is 2.56. The third kappa shape index (κ3) is 4.86. The fraction of sp³-hybridized carbons (Fsp3) is 0.455.